The van der Waals surface area contributed by atoms with Crippen LogP contribution in [0.4, 0.5) is 5.69 Å². The molecule has 1 aromatic heterocycles. The molecule has 86 valence electrons. The Morgan fingerprint density at radius 1 is 1.31 bits per heavy atom. The molecule has 2 atom stereocenters. The Labute approximate surface area is 109 Å². The van der Waals surface area contributed by atoms with Crippen molar-refractivity contribution in [1.82, 2.24) is 4.98 Å². The summed E-state index contributed by atoms with van der Waals surface area (Å²) in [5.41, 5.74) is 1.28. The molecule has 3 rings (SSSR count). The fraction of sp³-hybridized carbons (Fsp3) is 0.583. The molecule has 0 spiro atoms. The predicted molar refractivity (Wildman–Crippen MR) is 70.1 cm³/mol. The van der Waals surface area contributed by atoms with Crippen LogP contribution >= 0.6 is 27.5 Å². The van der Waals surface area contributed by atoms with Crippen LogP contribution in [-0.2, 0) is 0 Å². The van der Waals surface area contributed by atoms with Crippen LogP contribution in [0, 0.1) is 0 Å². The van der Waals surface area contributed by atoms with Gasteiger partial charge in [0.25, 0.3) is 0 Å². The first-order valence-corrected chi connectivity index (χ1v) is 7.00. The topological polar surface area (TPSA) is 16.1 Å². The Kier molecular flexibility index (Phi) is 2.84. The van der Waals surface area contributed by atoms with E-state index in [1.54, 1.807) is 0 Å². The Morgan fingerprint density at radius 3 is 2.62 bits per heavy atom. The molecule has 1 aromatic rings. The molecule has 0 amide bonds. The van der Waals surface area contributed by atoms with Gasteiger partial charge < -0.3 is 4.90 Å². The summed E-state index contributed by atoms with van der Waals surface area (Å²) in [7, 11) is 0. The van der Waals surface area contributed by atoms with E-state index in [0.29, 0.717) is 17.5 Å². The number of nitrogens with zero attached hydrogens (tertiary/aromatic N) is 2. The normalized spacial score (nSPS) is 33.1. The van der Waals surface area contributed by atoms with Crippen molar-refractivity contribution < 1.29 is 0 Å². The van der Waals surface area contributed by atoms with Gasteiger partial charge in [-0.05, 0) is 47.7 Å². The lowest BCUT2D eigenvalue weighted by atomic mass is 10.0. The average Bonchev–Trinajstić information content (AvgIpc) is 2.53. The summed E-state index contributed by atoms with van der Waals surface area (Å²) in [5, 5.41) is 0.370. The van der Waals surface area contributed by atoms with Crippen molar-refractivity contribution in [3.8, 4) is 0 Å². The smallest absolute Gasteiger partial charge is 0.0592 e. The number of piperidine rings is 1. The number of alkyl halides is 1. The molecule has 3 heterocycles. The molecule has 2 bridgehead atoms. The average molecular weight is 302 g/mol. The van der Waals surface area contributed by atoms with Crippen LogP contribution in [0.2, 0.25) is 0 Å². The van der Waals surface area contributed by atoms with Gasteiger partial charge in [-0.3, -0.25) is 4.98 Å². The Bertz CT molecular complexity index is 384. The first-order valence-electron chi connectivity index (χ1n) is 5.77. The number of hydrogen-bond acceptors (Lipinski definition) is 2. The van der Waals surface area contributed by atoms with Gasteiger partial charge in [-0.1, -0.05) is 0 Å². The van der Waals surface area contributed by atoms with E-state index in [1.165, 1.54) is 18.5 Å². The van der Waals surface area contributed by atoms with Crippen molar-refractivity contribution in [2.24, 2.45) is 0 Å². The minimum absolute atomic E-state index is 0.370. The summed E-state index contributed by atoms with van der Waals surface area (Å²) in [6.07, 6.45) is 8.54. The largest absolute Gasteiger partial charge is 0.364 e. The van der Waals surface area contributed by atoms with Crippen molar-refractivity contribution >= 4 is 33.2 Å². The highest BCUT2D eigenvalue weighted by Gasteiger charge is 2.40. The molecular formula is C12H14BrClN2. The van der Waals surface area contributed by atoms with Gasteiger partial charge in [0, 0.05) is 29.9 Å². The zero-order valence-electron chi connectivity index (χ0n) is 8.94. The number of anilines is 1. The second kappa shape index (κ2) is 4.19. The molecule has 2 unspecified atom stereocenters. The molecule has 2 saturated heterocycles. The van der Waals surface area contributed by atoms with E-state index < -0.39 is 0 Å². The van der Waals surface area contributed by atoms with E-state index in [0.717, 1.165) is 17.3 Å². The number of rotatable bonds is 1. The number of halogens is 2. The molecule has 0 aromatic carbocycles. The number of pyridine rings is 1. The fourth-order valence-electron chi connectivity index (χ4n) is 3.08. The molecule has 0 radical (unpaired) electrons. The number of aromatic nitrogens is 1. The lowest BCUT2D eigenvalue weighted by molar-refractivity contribution is 0.473. The summed E-state index contributed by atoms with van der Waals surface area (Å²) in [6, 6.07) is 3.35. The van der Waals surface area contributed by atoms with E-state index in [1.807, 2.05) is 12.4 Å². The van der Waals surface area contributed by atoms with Gasteiger partial charge >= 0.3 is 0 Å². The van der Waals surface area contributed by atoms with E-state index in [-0.39, 0.29) is 0 Å². The van der Waals surface area contributed by atoms with Crippen molar-refractivity contribution in [2.75, 3.05) is 4.90 Å². The van der Waals surface area contributed by atoms with Crippen molar-refractivity contribution in [3.63, 3.8) is 0 Å². The van der Waals surface area contributed by atoms with Crippen molar-refractivity contribution in [2.45, 2.75) is 43.1 Å². The maximum absolute atomic E-state index is 6.29. The van der Waals surface area contributed by atoms with E-state index in [9.17, 15) is 0 Å². The third-order valence-electron chi connectivity index (χ3n) is 3.70. The molecule has 2 aliphatic heterocycles. The van der Waals surface area contributed by atoms with Crippen LogP contribution in [0.15, 0.2) is 22.9 Å². The zero-order chi connectivity index (χ0) is 11.1. The first-order chi connectivity index (χ1) is 7.75. The van der Waals surface area contributed by atoms with Crippen LogP contribution in [-0.4, -0.2) is 22.4 Å². The molecular weight excluding hydrogens is 288 g/mol. The third-order valence-corrected chi connectivity index (χ3v) is 4.67. The summed E-state index contributed by atoms with van der Waals surface area (Å²) in [6.45, 7) is 0. The second-order valence-corrected chi connectivity index (χ2v) is 6.16. The van der Waals surface area contributed by atoms with Crippen molar-refractivity contribution in [3.05, 3.63) is 22.9 Å². The molecule has 0 N–H and O–H groups in total. The summed E-state index contributed by atoms with van der Waals surface area (Å²) >= 11 is 9.88. The van der Waals surface area contributed by atoms with Gasteiger partial charge in [-0.15, -0.1) is 11.6 Å². The quantitative estimate of drug-likeness (QED) is 0.737. The van der Waals surface area contributed by atoms with Gasteiger partial charge in [0.1, 0.15) is 0 Å². The molecule has 2 aliphatic rings. The van der Waals surface area contributed by atoms with Gasteiger partial charge in [0.05, 0.1) is 10.2 Å². The summed E-state index contributed by atoms with van der Waals surface area (Å²) in [5.74, 6) is 0. The van der Waals surface area contributed by atoms with Gasteiger partial charge in [-0.25, -0.2) is 0 Å². The minimum atomic E-state index is 0.370. The standard InChI is InChI=1S/C12H14BrClN2/c13-11-7-15-4-3-12(11)16-9-1-2-10(16)6-8(14)5-9/h3-4,7-10H,1-2,5-6H2. The van der Waals surface area contributed by atoms with Crippen LogP contribution in [0.25, 0.3) is 0 Å². The number of hydrogen-bond donors (Lipinski definition) is 0. The lowest BCUT2D eigenvalue weighted by Crippen LogP contribution is -2.43. The van der Waals surface area contributed by atoms with E-state index >= 15 is 0 Å². The maximum Gasteiger partial charge on any atom is 0.0592 e. The zero-order valence-corrected chi connectivity index (χ0v) is 11.3. The van der Waals surface area contributed by atoms with Crippen LogP contribution in [0.3, 0.4) is 0 Å². The summed E-state index contributed by atoms with van der Waals surface area (Å²) in [4.78, 5) is 6.67. The van der Waals surface area contributed by atoms with Gasteiger partial charge in [-0.2, -0.15) is 0 Å². The first kappa shape index (κ1) is 10.8. The SMILES string of the molecule is ClC1CC2CCC(C1)N2c1ccncc1Br. The van der Waals surface area contributed by atoms with Gasteiger partial charge in [0.2, 0.25) is 0 Å². The van der Waals surface area contributed by atoms with Crippen molar-refractivity contribution in [1.29, 1.82) is 0 Å². The molecule has 0 saturated carbocycles. The van der Waals surface area contributed by atoms with E-state index in [4.69, 9.17) is 11.6 Å². The highest BCUT2D eigenvalue weighted by Crippen LogP contribution is 2.42. The third kappa shape index (κ3) is 1.74. The Hall–Kier alpha value is -0.280. The molecule has 2 nitrogen and oxygen atoms in total. The van der Waals surface area contributed by atoms with Gasteiger partial charge in [0.15, 0.2) is 0 Å². The molecule has 16 heavy (non-hydrogen) atoms. The molecule has 2 fully saturated rings. The van der Waals surface area contributed by atoms with Crippen LogP contribution in [0.5, 0.6) is 0 Å². The Balaban J connectivity index is 1.94. The monoisotopic (exact) mass is 300 g/mol. The highest BCUT2D eigenvalue weighted by molar-refractivity contribution is 9.10. The highest BCUT2D eigenvalue weighted by atomic mass is 79.9. The second-order valence-electron chi connectivity index (χ2n) is 4.69. The van der Waals surface area contributed by atoms with E-state index in [2.05, 4.69) is 31.9 Å². The number of fused-ring (bicyclic) bond motifs is 2. The lowest BCUT2D eigenvalue weighted by Gasteiger charge is -2.39. The predicted octanol–water partition coefficient (Wildman–Crippen LogP) is 3.58. The fourth-order valence-corrected chi connectivity index (χ4v) is 3.95. The minimum Gasteiger partial charge on any atom is -0.364 e. The summed E-state index contributed by atoms with van der Waals surface area (Å²) < 4.78 is 1.10. The maximum atomic E-state index is 6.29. The van der Waals surface area contributed by atoms with Crippen LogP contribution in [0.1, 0.15) is 25.7 Å². The molecule has 4 heteroatoms. The van der Waals surface area contributed by atoms with Crippen LogP contribution < -0.4 is 4.90 Å². The Morgan fingerprint density at radius 2 is 2.00 bits per heavy atom. The molecule has 0 aliphatic carbocycles.